The first kappa shape index (κ1) is 15.9. The molecule has 0 radical (unpaired) electrons. The Kier molecular flexibility index (Phi) is 5.60. The third-order valence-corrected chi connectivity index (χ3v) is 5.39. The molecule has 1 saturated heterocycles. The zero-order chi connectivity index (χ0) is 14.6. The lowest BCUT2D eigenvalue weighted by Gasteiger charge is -2.26. The number of sulfonamides is 1. The van der Waals surface area contributed by atoms with Crippen LogP contribution in [0.5, 0.6) is 0 Å². The van der Waals surface area contributed by atoms with Crippen LogP contribution < -0.4 is 4.72 Å². The summed E-state index contributed by atoms with van der Waals surface area (Å²) in [4.78, 5) is 2.64. The number of halogens is 1. The maximum Gasteiger partial charge on any atom is 0.240 e. The lowest BCUT2D eigenvalue weighted by molar-refractivity contribution is 0.233. The van der Waals surface area contributed by atoms with Crippen LogP contribution in [0.4, 0.5) is 0 Å². The maximum atomic E-state index is 12.2. The Morgan fingerprint density at radius 2 is 1.90 bits per heavy atom. The topological polar surface area (TPSA) is 49.4 Å². The van der Waals surface area contributed by atoms with E-state index in [9.17, 15) is 8.42 Å². The van der Waals surface area contributed by atoms with E-state index in [4.69, 9.17) is 0 Å². The van der Waals surface area contributed by atoms with E-state index in [0.29, 0.717) is 11.4 Å². The number of benzene rings is 1. The summed E-state index contributed by atoms with van der Waals surface area (Å²) in [5.41, 5.74) is 0.927. The van der Waals surface area contributed by atoms with Gasteiger partial charge in [0.15, 0.2) is 0 Å². The molecule has 1 fully saturated rings. The van der Waals surface area contributed by atoms with E-state index in [1.54, 1.807) is 12.1 Å². The highest BCUT2D eigenvalue weighted by Gasteiger charge is 2.16. The Morgan fingerprint density at radius 3 is 2.55 bits per heavy atom. The van der Waals surface area contributed by atoms with E-state index in [-0.39, 0.29) is 0 Å². The average molecular weight is 361 g/mol. The molecule has 6 heteroatoms. The van der Waals surface area contributed by atoms with E-state index in [0.717, 1.165) is 29.7 Å². The van der Waals surface area contributed by atoms with Gasteiger partial charge in [-0.1, -0.05) is 22.4 Å². The smallest absolute Gasteiger partial charge is 0.240 e. The fourth-order valence-corrected chi connectivity index (χ4v) is 4.37. The Labute approximate surface area is 129 Å². The predicted octanol–water partition coefficient (Wildman–Crippen LogP) is 2.52. The molecule has 0 unspecified atom stereocenters. The van der Waals surface area contributed by atoms with Gasteiger partial charge in [0.05, 0.1) is 4.90 Å². The van der Waals surface area contributed by atoms with Crippen molar-refractivity contribution in [2.75, 3.05) is 26.2 Å². The van der Waals surface area contributed by atoms with Gasteiger partial charge >= 0.3 is 0 Å². The summed E-state index contributed by atoms with van der Waals surface area (Å²) in [7, 11) is -3.41. The Morgan fingerprint density at radius 1 is 1.20 bits per heavy atom. The molecule has 2 rings (SSSR count). The molecule has 1 aliphatic rings. The summed E-state index contributed by atoms with van der Waals surface area (Å²) in [5, 5.41) is 0. The molecule has 20 heavy (non-hydrogen) atoms. The monoisotopic (exact) mass is 360 g/mol. The van der Waals surface area contributed by atoms with Crippen molar-refractivity contribution in [3.05, 3.63) is 28.2 Å². The van der Waals surface area contributed by atoms with Gasteiger partial charge in [0.2, 0.25) is 10.0 Å². The van der Waals surface area contributed by atoms with E-state index < -0.39 is 10.0 Å². The number of likely N-dealkylation sites (tertiary alicyclic amines) is 1. The van der Waals surface area contributed by atoms with E-state index >= 15 is 0 Å². The number of aryl methyl sites for hydroxylation is 1. The zero-order valence-corrected chi connectivity index (χ0v) is 14.1. The van der Waals surface area contributed by atoms with Crippen molar-refractivity contribution >= 4 is 26.0 Å². The third kappa shape index (κ3) is 4.55. The molecule has 0 saturated carbocycles. The van der Waals surface area contributed by atoms with Crippen LogP contribution in [-0.2, 0) is 10.0 Å². The van der Waals surface area contributed by atoms with Gasteiger partial charge in [-0.25, -0.2) is 13.1 Å². The Balaban J connectivity index is 1.93. The minimum Gasteiger partial charge on any atom is -0.302 e. The largest absolute Gasteiger partial charge is 0.302 e. The fourth-order valence-electron chi connectivity index (χ4n) is 2.46. The maximum absolute atomic E-state index is 12.2. The van der Waals surface area contributed by atoms with Crippen molar-refractivity contribution in [1.29, 1.82) is 0 Å². The van der Waals surface area contributed by atoms with Crippen molar-refractivity contribution in [3.63, 3.8) is 0 Å². The summed E-state index contributed by atoms with van der Waals surface area (Å²) < 4.78 is 27.9. The average Bonchev–Trinajstić information content (AvgIpc) is 2.38. The summed E-state index contributed by atoms with van der Waals surface area (Å²) >= 11 is 3.34. The number of hydrogen-bond acceptors (Lipinski definition) is 3. The van der Waals surface area contributed by atoms with Crippen LogP contribution in [0.25, 0.3) is 0 Å². The molecule has 1 aliphatic heterocycles. The van der Waals surface area contributed by atoms with E-state index in [1.165, 1.54) is 19.3 Å². The Bertz CT molecular complexity index is 534. The number of nitrogens with one attached hydrogen (secondary N) is 1. The number of hydrogen-bond donors (Lipinski definition) is 1. The minimum absolute atomic E-state index is 0.322. The van der Waals surface area contributed by atoms with Crippen molar-refractivity contribution < 1.29 is 8.42 Å². The molecule has 112 valence electrons. The first-order valence-corrected chi connectivity index (χ1v) is 9.24. The van der Waals surface area contributed by atoms with Crippen molar-refractivity contribution in [1.82, 2.24) is 9.62 Å². The highest BCUT2D eigenvalue weighted by molar-refractivity contribution is 9.10. The molecule has 0 atom stereocenters. The van der Waals surface area contributed by atoms with Crippen LogP contribution in [0, 0.1) is 6.92 Å². The summed E-state index contributed by atoms with van der Waals surface area (Å²) in [6.07, 6.45) is 3.73. The third-order valence-electron chi connectivity index (χ3n) is 3.49. The van der Waals surface area contributed by atoms with Crippen molar-refractivity contribution in [2.45, 2.75) is 31.1 Å². The number of piperidine rings is 1. The molecule has 1 N–H and O–H groups in total. The Hall–Kier alpha value is -0.430. The second kappa shape index (κ2) is 7.02. The molecule has 1 aromatic carbocycles. The van der Waals surface area contributed by atoms with Gasteiger partial charge in [-0.2, -0.15) is 0 Å². The second-order valence-corrected chi connectivity index (χ2v) is 7.95. The quantitative estimate of drug-likeness (QED) is 0.877. The van der Waals surface area contributed by atoms with Crippen molar-refractivity contribution in [2.24, 2.45) is 0 Å². The van der Waals surface area contributed by atoms with Gasteiger partial charge in [0, 0.05) is 17.6 Å². The fraction of sp³-hybridized carbons (Fsp3) is 0.571. The van der Waals surface area contributed by atoms with E-state index in [2.05, 4.69) is 25.6 Å². The SMILES string of the molecule is Cc1cc(Br)cc(S(=O)(=O)NCCN2CCCCC2)c1. The molecular weight excluding hydrogens is 340 g/mol. The van der Waals surface area contributed by atoms with Gasteiger partial charge in [0.1, 0.15) is 0 Å². The molecule has 1 aromatic rings. The van der Waals surface area contributed by atoms with Crippen LogP contribution in [0.1, 0.15) is 24.8 Å². The van der Waals surface area contributed by atoms with Crippen LogP contribution in [0.2, 0.25) is 0 Å². The molecule has 0 aromatic heterocycles. The van der Waals surface area contributed by atoms with Gasteiger partial charge in [-0.3, -0.25) is 0 Å². The standard InChI is InChI=1S/C14H21BrN2O2S/c1-12-9-13(15)11-14(10-12)20(18,19)16-5-8-17-6-3-2-4-7-17/h9-11,16H,2-8H2,1H3. The minimum atomic E-state index is -3.41. The van der Waals surface area contributed by atoms with Crippen LogP contribution in [0.3, 0.4) is 0 Å². The summed E-state index contributed by atoms with van der Waals surface area (Å²) in [6, 6.07) is 5.22. The molecule has 1 heterocycles. The van der Waals surface area contributed by atoms with Crippen LogP contribution in [0.15, 0.2) is 27.6 Å². The normalized spacial score (nSPS) is 17.3. The first-order chi connectivity index (χ1) is 9.47. The van der Waals surface area contributed by atoms with Gasteiger partial charge in [-0.15, -0.1) is 0 Å². The lowest BCUT2D eigenvalue weighted by Crippen LogP contribution is -2.37. The number of nitrogens with zero attached hydrogens (tertiary/aromatic N) is 1. The summed E-state index contributed by atoms with van der Waals surface area (Å²) in [5.74, 6) is 0. The van der Waals surface area contributed by atoms with Crippen molar-refractivity contribution in [3.8, 4) is 0 Å². The van der Waals surface area contributed by atoms with Crippen LogP contribution in [-0.4, -0.2) is 39.5 Å². The lowest BCUT2D eigenvalue weighted by atomic mass is 10.1. The highest BCUT2D eigenvalue weighted by atomic mass is 79.9. The highest BCUT2D eigenvalue weighted by Crippen LogP contribution is 2.19. The second-order valence-electron chi connectivity index (χ2n) is 5.26. The molecule has 0 spiro atoms. The molecule has 0 aliphatic carbocycles. The number of rotatable bonds is 5. The predicted molar refractivity (Wildman–Crippen MR) is 84.4 cm³/mol. The van der Waals surface area contributed by atoms with Gasteiger partial charge in [-0.05, 0) is 56.6 Å². The molecular formula is C14H21BrN2O2S. The van der Waals surface area contributed by atoms with Gasteiger partial charge in [0.25, 0.3) is 0 Å². The zero-order valence-electron chi connectivity index (χ0n) is 11.7. The molecule has 0 bridgehead atoms. The van der Waals surface area contributed by atoms with E-state index in [1.807, 2.05) is 13.0 Å². The molecule has 0 amide bonds. The van der Waals surface area contributed by atoms with Gasteiger partial charge < -0.3 is 4.90 Å². The molecule has 4 nitrogen and oxygen atoms in total. The summed E-state index contributed by atoms with van der Waals surface area (Å²) in [6.45, 7) is 5.30. The van der Waals surface area contributed by atoms with Crippen LogP contribution >= 0.6 is 15.9 Å². The first-order valence-electron chi connectivity index (χ1n) is 6.96.